The van der Waals surface area contributed by atoms with Gasteiger partial charge in [-0.05, 0) is 48.3 Å². The Morgan fingerprint density at radius 2 is 1.73 bits per heavy atom. The van der Waals surface area contributed by atoms with Crippen LogP contribution in [0.5, 0.6) is 0 Å². The summed E-state index contributed by atoms with van der Waals surface area (Å²) < 4.78 is 0. The number of fused-ring (bicyclic) bond motifs is 1. The second-order valence-corrected chi connectivity index (χ2v) is 5.27. The summed E-state index contributed by atoms with van der Waals surface area (Å²) in [6.45, 7) is 0. The minimum absolute atomic E-state index is 0.266. The van der Waals surface area contributed by atoms with Crippen molar-refractivity contribution in [3.8, 4) is 0 Å². The van der Waals surface area contributed by atoms with Crippen molar-refractivity contribution in [2.75, 3.05) is 0 Å². The topological polar surface area (TPSA) is 20.2 Å². The van der Waals surface area contributed by atoms with Gasteiger partial charge in [-0.2, -0.15) is 0 Å². The van der Waals surface area contributed by atoms with E-state index in [2.05, 4.69) is 0 Å². The van der Waals surface area contributed by atoms with E-state index in [0.29, 0.717) is 5.92 Å². The molecule has 1 aromatic carbocycles. The summed E-state index contributed by atoms with van der Waals surface area (Å²) >= 11 is 5.83. The lowest BCUT2D eigenvalue weighted by molar-refractivity contribution is 0.137. The van der Waals surface area contributed by atoms with Gasteiger partial charge in [-0.3, -0.25) is 0 Å². The molecule has 0 aromatic heterocycles. The number of aliphatic hydroxyl groups excluding tert-OH is 1. The van der Waals surface area contributed by atoms with Crippen molar-refractivity contribution >= 4 is 11.6 Å². The Morgan fingerprint density at radius 3 is 2.33 bits per heavy atom. The highest BCUT2D eigenvalue weighted by Crippen LogP contribution is 2.62. The fraction of sp³-hybridized carbons (Fsp3) is 0.538. The van der Waals surface area contributed by atoms with Crippen LogP contribution < -0.4 is 0 Å². The third-order valence-corrected chi connectivity index (χ3v) is 4.30. The van der Waals surface area contributed by atoms with Crippen molar-refractivity contribution in [2.24, 2.45) is 17.8 Å². The highest BCUT2D eigenvalue weighted by molar-refractivity contribution is 6.30. The maximum absolute atomic E-state index is 10.2. The molecular formula is C13H15ClO. The molecule has 2 saturated carbocycles. The van der Waals surface area contributed by atoms with Crippen LogP contribution in [0.2, 0.25) is 5.02 Å². The van der Waals surface area contributed by atoms with Gasteiger partial charge in [0, 0.05) is 5.02 Å². The molecule has 1 nitrogen and oxygen atoms in total. The highest BCUT2D eigenvalue weighted by atomic mass is 35.5. The third-order valence-electron chi connectivity index (χ3n) is 4.05. The van der Waals surface area contributed by atoms with Crippen LogP contribution in [0.25, 0.3) is 0 Å². The van der Waals surface area contributed by atoms with Gasteiger partial charge in [-0.1, -0.05) is 30.2 Å². The second kappa shape index (κ2) is 3.50. The molecule has 3 unspecified atom stereocenters. The number of halogens is 1. The molecule has 2 heteroatoms. The number of hydrogen-bond donors (Lipinski definition) is 1. The van der Waals surface area contributed by atoms with E-state index in [1.54, 1.807) is 0 Å². The van der Waals surface area contributed by atoms with Crippen molar-refractivity contribution in [3.05, 3.63) is 34.9 Å². The molecule has 0 radical (unpaired) electrons. The molecule has 2 fully saturated rings. The van der Waals surface area contributed by atoms with Crippen molar-refractivity contribution in [1.29, 1.82) is 0 Å². The van der Waals surface area contributed by atoms with Crippen molar-refractivity contribution in [2.45, 2.75) is 25.4 Å². The summed E-state index contributed by atoms with van der Waals surface area (Å²) in [4.78, 5) is 0. The number of benzene rings is 1. The zero-order valence-electron chi connectivity index (χ0n) is 8.57. The number of rotatable bonds is 2. The Kier molecular flexibility index (Phi) is 2.26. The van der Waals surface area contributed by atoms with Gasteiger partial charge in [-0.15, -0.1) is 0 Å². The summed E-state index contributed by atoms with van der Waals surface area (Å²) in [7, 11) is 0. The fourth-order valence-electron chi connectivity index (χ4n) is 3.23. The first kappa shape index (κ1) is 9.68. The van der Waals surface area contributed by atoms with E-state index in [1.165, 1.54) is 19.3 Å². The molecule has 0 aliphatic heterocycles. The molecule has 2 aliphatic rings. The molecule has 15 heavy (non-hydrogen) atoms. The first-order valence-electron chi connectivity index (χ1n) is 5.71. The highest BCUT2D eigenvalue weighted by Gasteiger charge is 2.55. The van der Waals surface area contributed by atoms with Crippen molar-refractivity contribution in [3.63, 3.8) is 0 Å². The Hall–Kier alpha value is -0.530. The molecule has 1 N–H and O–H groups in total. The molecule has 0 spiro atoms. The summed E-state index contributed by atoms with van der Waals surface area (Å²) in [6, 6.07) is 7.61. The summed E-state index contributed by atoms with van der Waals surface area (Å²) in [6.07, 6.45) is 3.73. The van der Waals surface area contributed by atoms with Crippen LogP contribution in [0.15, 0.2) is 24.3 Å². The van der Waals surface area contributed by atoms with Gasteiger partial charge in [0.2, 0.25) is 0 Å². The molecule has 0 bridgehead atoms. The van der Waals surface area contributed by atoms with Gasteiger partial charge in [0.25, 0.3) is 0 Å². The average molecular weight is 223 g/mol. The predicted molar refractivity (Wildman–Crippen MR) is 60.7 cm³/mol. The Labute approximate surface area is 95.1 Å². The van der Waals surface area contributed by atoms with Crippen molar-refractivity contribution in [1.82, 2.24) is 0 Å². The average Bonchev–Trinajstić information content (AvgIpc) is 2.72. The molecule has 3 rings (SSSR count). The van der Waals surface area contributed by atoms with E-state index in [-0.39, 0.29) is 6.10 Å². The molecule has 2 aliphatic carbocycles. The van der Waals surface area contributed by atoms with Crippen LogP contribution in [0.4, 0.5) is 0 Å². The monoisotopic (exact) mass is 222 g/mol. The lowest BCUT2D eigenvalue weighted by Crippen LogP contribution is -2.03. The van der Waals surface area contributed by atoms with E-state index in [1.807, 2.05) is 24.3 Å². The van der Waals surface area contributed by atoms with E-state index in [0.717, 1.165) is 22.4 Å². The lowest BCUT2D eigenvalue weighted by atomic mass is 10.00. The summed E-state index contributed by atoms with van der Waals surface area (Å²) in [5, 5.41) is 11.0. The molecular weight excluding hydrogens is 208 g/mol. The van der Waals surface area contributed by atoms with Crippen LogP contribution >= 0.6 is 11.6 Å². The van der Waals surface area contributed by atoms with Gasteiger partial charge < -0.3 is 5.11 Å². The zero-order chi connectivity index (χ0) is 10.4. The first-order valence-corrected chi connectivity index (χ1v) is 6.09. The number of aliphatic hydroxyl groups is 1. The van der Waals surface area contributed by atoms with Gasteiger partial charge in [-0.25, -0.2) is 0 Å². The standard InChI is InChI=1S/C13H15ClO/c14-9-6-4-8(5-7-9)13(15)12-10-2-1-3-11(10)12/h4-7,10-13,15H,1-3H2. The van der Waals surface area contributed by atoms with Crippen LogP contribution in [-0.4, -0.2) is 5.11 Å². The van der Waals surface area contributed by atoms with Crippen LogP contribution in [0.3, 0.4) is 0 Å². The number of hydrogen-bond acceptors (Lipinski definition) is 1. The van der Waals surface area contributed by atoms with Gasteiger partial charge >= 0.3 is 0 Å². The van der Waals surface area contributed by atoms with Gasteiger partial charge in [0.05, 0.1) is 6.10 Å². The van der Waals surface area contributed by atoms with Crippen LogP contribution in [-0.2, 0) is 0 Å². The van der Waals surface area contributed by atoms with Gasteiger partial charge in [0.1, 0.15) is 0 Å². The largest absolute Gasteiger partial charge is 0.388 e. The second-order valence-electron chi connectivity index (χ2n) is 4.83. The van der Waals surface area contributed by atoms with Crippen LogP contribution in [0, 0.1) is 17.8 Å². The fourth-order valence-corrected chi connectivity index (χ4v) is 3.35. The summed E-state index contributed by atoms with van der Waals surface area (Å²) in [5.74, 6) is 2.13. The molecule has 0 amide bonds. The predicted octanol–water partition coefficient (Wildman–Crippen LogP) is 3.42. The molecule has 1 aromatic rings. The van der Waals surface area contributed by atoms with Crippen LogP contribution in [0.1, 0.15) is 30.9 Å². The molecule has 80 valence electrons. The normalized spacial score (nSPS) is 34.9. The maximum atomic E-state index is 10.2. The lowest BCUT2D eigenvalue weighted by Gasteiger charge is -2.12. The van der Waals surface area contributed by atoms with E-state index >= 15 is 0 Å². The quantitative estimate of drug-likeness (QED) is 0.813. The van der Waals surface area contributed by atoms with E-state index in [9.17, 15) is 5.11 Å². The van der Waals surface area contributed by atoms with Gasteiger partial charge in [0.15, 0.2) is 0 Å². The Morgan fingerprint density at radius 1 is 1.13 bits per heavy atom. The smallest absolute Gasteiger partial charge is 0.0823 e. The Bertz CT molecular complexity index is 349. The Balaban J connectivity index is 1.75. The van der Waals surface area contributed by atoms with Crippen molar-refractivity contribution < 1.29 is 5.11 Å². The minimum atomic E-state index is -0.266. The van der Waals surface area contributed by atoms with E-state index in [4.69, 9.17) is 11.6 Å². The SMILES string of the molecule is OC(c1ccc(Cl)cc1)C1C2CCCC21. The zero-order valence-corrected chi connectivity index (χ0v) is 9.32. The molecule has 0 heterocycles. The van der Waals surface area contributed by atoms with E-state index < -0.39 is 0 Å². The minimum Gasteiger partial charge on any atom is -0.388 e. The molecule has 3 atom stereocenters. The maximum Gasteiger partial charge on any atom is 0.0823 e. The summed E-state index contributed by atoms with van der Waals surface area (Å²) in [5.41, 5.74) is 1.03. The first-order chi connectivity index (χ1) is 7.27. The third kappa shape index (κ3) is 1.58. The molecule has 0 saturated heterocycles.